The second-order valence-electron chi connectivity index (χ2n) is 4.52. The first-order valence-electron chi connectivity index (χ1n) is 6.55. The van der Waals surface area contributed by atoms with Gasteiger partial charge in [0, 0.05) is 20.7 Å². The first kappa shape index (κ1) is 17.1. The first-order valence-corrected chi connectivity index (χ1v) is 7.73. The molecular weight excluding hydrogens is 380 g/mol. The lowest BCUT2D eigenvalue weighted by Gasteiger charge is -2.07. The molecule has 0 aliphatic carbocycles. The molecule has 0 aromatic heterocycles. The minimum atomic E-state index is -0.503. The van der Waals surface area contributed by atoms with Crippen molar-refractivity contribution in [3.63, 3.8) is 0 Å². The van der Waals surface area contributed by atoms with E-state index < -0.39 is 5.91 Å². The van der Waals surface area contributed by atoms with Crippen molar-refractivity contribution in [2.75, 3.05) is 12.4 Å². The minimum absolute atomic E-state index is 0.0312. The molecule has 0 saturated carbocycles. The number of benzene rings is 2. The zero-order chi connectivity index (χ0) is 16.8. The zero-order valence-electron chi connectivity index (χ0n) is 12.1. The number of amides is 1. The Kier molecular flexibility index (Phi) is 5.80. The number of nitrogens with one attached hydrogen (secondary N) is 1. The monoisotopic (exact) mass is 390 g/mol. The molecule has 0 unspecified atom stereocenters. The summed E-state index contributed by atoms with van der Waals surface area (Å²) in [5.41, 5.74) is 1.16. The molecular formula is C17H12BrClN2O2. The normalized spacial score (nSPS) is 10.8. The Bertz CT molecular complexity index is 795. The second kappa shape index (κ2) is 7.82. The van der Waals surface area contributed by atoms with Crippen LogP contribution in [0.2, 0.25) is 5.02 Å². The highest BCUT2D eigenvalue weighted by Crippen LogP contribution is 2.25. The number of hydrogen-bond donors (Lipinski definition) is 1. The van der Waals surface area contributed by atoms with Gasteiger partial charge in [-0.15, -0.1) is 0 Å². The summed E-state index contributed by atoms with van der Waals surface area (Å²) in [4.78, 5) is 12.2. The maximum atomic E-state index is 12.2. The summed E-state index contributed by atoms with van der Waals surface area (Å²) in [6.45, 7) is 0. The van der Waals surface area contributed by atoms with Crippen molar-refractivity contribution < 1.29 is 9.53 Å². The van der Waals surface area contributed by atoms with Crippen LogP contribution in [0.25, 0.3) is 6.08 Å². The van der Waals surface area contributed by atoms with Gasteiger partial charge >= 0.3 is 0 Å². The van der Waals surface area contributed by atoms with Gasteiger partial charge in [0.15, 0.2) is 0 Å². The molecule has 0 spiro atoms. The lowest BCUT2D eigenvalue weighted by atomic mass is 10.1. The number of halogens is 2. The molecule has 2 rings (SSSR count). The van der Waals surface area contributed by atoms with Crippen molar-refractivity contribution in [3.8, 4) is 11.8 Å². The molecule has 0 saturated heterocycles. The van der Waals surface area contributed by atoms with Crippen LogP contribution in [0.5, 0.6) is 5.75 Å². The molecule has 0 bridgehead atoms. The van der Waals surface area contributed by atoms with Crippen molar-refractivity contribution in [1.29, 1.82) is 5.26 Å². The third-order valence-electron chi connectivity index (χ3n) is 2.96. The van der Waals surface area contributed by atoms with E-state index in [0.29, 0.717) is 22.0 Å². The summed E-state index contributed by atoms with van der Waals surface area (Å²) in [6, 6.07) is 13.9. The Balaban J connectivity index is 2.28. The van der Waals surface area contributed by atoms with Crippen LogP contribution in [0.1, 0.15) is 5.56 Å². The molecule has 2 aromatic rings. The van der Waals surface area contributed by atoms with Gasteiger partial charge in [0.2, 0.25) is 0 Å². The van der Waals surface area contributed by atoms with Gasteiger partial charge in [0.25, 0.3) is 5.91 Å². The van der Waals surface area contributed by atoms with Gasteiger partial charge in [-0.05, 0) is 48.5 Å². The molecule has 0 fully saturated rings. The number of anilines is 1. The topological polar surface area (TPSA) is 62.1 Å². The van der Waals surface area contributed by atoms with Crippen LogP contribution in [0, 0.1) is 11.3 Å². The van der Waals surface area contributed by atoms with Crippen LogP contribution in [-0.4, -0.2) is 13.0 Å². The lowest BCUT2D eigenvalue weighted by molar-refractivity contribution is -0.112. The molecule has 2 aromatic carbocycles. The van der Waals surface area contributed by atoms with Gasteiger partial charge in [-0.2, -0.15) is 5.26 Å². The van der Waals surface area contributed by atoms with Crippen molar-refractivity contribution in [1.82, 2.24) is 0 Å². The van der Waals surface area contributed by atoms with Gasteiger partial charge in [-0.3, -0.25) is 4.79 Å². The van der Waals surface area contributed by atoms with Crippen LogP contribution in [0.15, 0.2) is 52.5 Å². The zero-order valence-corrected chi connectivity index (χ0v) is 14.5. The van der Waals surface area contributed by atoms with Gasteiger partial charge < -0.3 is 10.1 Å². The van der Waals surface area contributed by atoms with Crippen molar-refractivity contribution in [2.24, 2.45) is 0 Å². The summed E-state index contributed by atoms with van der Waals surface area (Å²) < 4.78 is 6.06. The van der Waals surface area contributed by atoms with E-state index in [-0.39, 0.29) is 5.57 Å². The summed E-state index contributed by atoms with van der Waals surface area (Å²) in [7, 11) is 1.53. The molecule has 0 aliphatic heterocycles. The van der Waals surface area contributed by atoms with E-state index in [4.69, 9.17) is 16.3 Å². The quantitative estimate of drug-likeness (QED) is 0.609. The number of carbonyl (C=O) groups excluding carboxylic acids is 1. The molecule has 116 valence electrons. The van der Waals surface area contributed by atoms with Gasteiger partial charge in [-0.25, -0.2) is 0 Å². The van der Waals surface area contributed by atoms with Crippen molar-refractivity contribution in [2.45, 2.75) is 0 Å². The van der Waals surface area contributed by atoms with Crippen molar-refractivity contribution >= 4 is 45.2 Å². The van der Waals surface area contributed by atoms with Crippen molar-refractivity contribution in [3.05, 3.63) is 63.1 Å². The predicted molar refractivity (Wildman–Crippen MR) is 94.4 cm³/mol. The highest BCUT2D eigenvalue weighted by atomic mass is 79.9. The molecule has 1 amide bonds. The predicted octanol–water partition coefficient (Wildman–Crippen LogP) is 4.66. The van der Waals surface area contributed by atoms with Gasteiger partial charge in [0.1, 0.15) is 17.4 Å². The fourth-order valence-electron chi connectivity index (χ4n) is 1.85. The molecule has 1 N–H and O–H groups in total. The Morgan fingerprint density at radius 3 is 2.61 bits per heavy atom. The molecule has 23 heavy (non-hydrogen) atoms. The molecule has 0 aliphatic rings. The standard InChI is InChI=1S/C17H12BrClN2O2/c1-23-16-7-2-13(18)9-11(16)8-12(10-20)17(22)21-15-5-3-14(19)4-6-15/h2-9H,1H3,(H,21,22)/b12-8+. The van der Waals surface area contributed by atoms with E-state index in [1.165, 1.54) is 13.2 Å². The van der Waals surface area contributed by atoms with Crippen LogP contribution in [0.4, 0.5) is 5.69 Å². The fraction of sp³-hybridized carbons (Fsp3) is 0.0588. The Hall–Kier alpha value is -2.29. The fourth-order valence-corrected chi connectivity index (χ4v) is 2.36. The van der Waals surface area contributed by atoms with Crippen LogP contribution >= 0.6 is 27.5 Å². The van der Waals surface area contributed by atoms with E-state index in [2.05, 4.69) is 21.2 Å². The molecule has 0 heterocycles. The summed E-state index contributed by atoms with van der Waals surface area (Å²) >= 11 is 9.15. The number of nitrogens with zero attached hydrogens (tertiary/aromatic N) is 1. The average molecular weight is 392 g/mol. The van der Waals surface area contributed by atoms with E-state index >= 15 is 0 Å². The molecule has 0 atom stereocenters. The smallest absolute Gasteiger partial charge is 0.266 e. The second-order valence-corrected chi connectivity index (χ2v) is 5.87. The lowest BCUT2D eigenvalue weighted by Crippen LogP contribution is -2.13. The number of carbonyl (C=O) groups is 1. The van der Waals surface area contributed by atoms with E-state index in [0.717, 1.165) is 4.47 Å². The Labute approximate surface area is 147 Å². The van der Waals surface area contributed by atoms with Gasteiger partial charge in [0.05, 0.1) is 7.11 Å². The third-order valence-corrected chi connectivity index (χ3v) is 3.70. The summed E-state index contributed by atoms with van der Waals surface area (Å²) in [5.74, 6) is 0.0668. The molecule has 0 radical (unpaired) electrons. The van der Waals surface area contributed by atoms with Crippen LogP contribution in [-0.2, 0) is 4.79 Å². The van der Waals surface area contributed by atoms with E-state index in [1.807, 2.05) is 12.1 Å². The van der Waals surface area contributed by atoms with E-state index in [1.54, 1.807) is 36.4 Å². The minimum Gasteiger partial charge on any atom is -0.496 e. The van der Waals surface area contributed by atoms with Crippen LogP contribution in [0.3, 0.4) is 0 Å². The Morgan fingerprint density at radius 1 is 1.30 bits per heavy atom. The molecule has 6 heteroatoms. The highest BCUT2D eigenvalue weighted by Gasteiger charge is 2.11. The summed E-state index contributed by atoms with van der Waals surface area (Å²) in [5, 5.41) is 12.5. The van der Waals surface area contributed by atoms with Gasteiger partial charge in [-0.1, -0.05) is 27.5 Å². The maximum Gasteiger partial charge on any atom is 0.266 e. The molecule has 4 nitrogen and oxygen atoms in total. The summed E-state index contributed by atoms with van der Waals surface area (Å²) in [6.07, 6.45) is 1.48. The number of hydrogen-bond acceptors (Lipinski definition) is 3. The maximum absolute atomic E-state index is 12.2. The number of ether oxygens (including phenoxy) is 1. The number of nitriles is 1. The third kappa shape index (κ3) is 4.59. The highest BCUT2D eigenvalue weighted by molar-refractivity contribution is 9.10. The average Bonchev–Trinajstić information content (AvgIpc) is 2.54. The Morgan fingerprint density at radius 2 is 2.00 bits per heavy atom. The largest absolute Gasteiger partial charge is 0.496 e. The SMILES string of the molecule is COc1ccc(Br)cc1/C=C(\C#N)C(=O)Nc1ccc(Cl)cc1. The van der Waals surface area contributed by atoms with Crippen LogP contribution < -0.4 is 10.1 Å². The number of rotatable bonds is 4. The van der Waals surface area contributed by atoms with E-state index in [9.17, 15) is 10.1 Å². The first-order chi connectivity index (χ1) is 11.0. The number of methoxy groups -OCH3 is 1.